The van der Waals surface area contributed by atoms with Crippen molar-refractivity contribution in [3.05, 3.63) is 22.8 Å². The van der Waals surface area contributed by atoms with Crippen LogP contribution in [0.4, 0.5) is 0 Å². The monoisotopic (exact) mass is 581 g/mol. The normalized spacial score (nSPS) is 20.5. The molecule has 0 radical (unpaired) electrons. The summed E-state index contributed by atoms with van der Waals surface area (Å²) in [5.74, 6) is 3.65. The lowest BCUT2D eigenvalue weighted by Gasteiger charge is -2.38. The molecule has 232 valence electrons. The van der Waals surface area contributed by atoms with Crippen LogP contribution < -0.4 is 14.2 Å². The fourth-order valence-corrected chi connectivity index (χ4v) is 6.49. The number of hydrogen-bond acceptors (Lipinski definition) is 5. The molecule has 4 atom stereocenters. The number of ether oxygens (including phenoxy) is 1. The number of hydrogen-bond donors (Lipinski definition) is 0. The molecule has 1 heterocycles. The number of quaternary nitrogens is 1. The molecule has 0 spiro atoms. The van der Waals surface area contributed by atoms with E-state index < -0.39 is 7.82 Å². The molecule has 0 bridgehead atoms. The predicted octanol–water partition coefficient (Wildman–Crippen LogP) is 8.40. The lowest BCUT2D eigenvalue weighted by atomic mass is 9.84. The zero-order chi connectivity index (χ0) is 30.1. The summed E-state index contributed by atoms with van der Waals surface area (Å²) in [6.45, 7) is 16.2. The first-order valence-electron chi connectivity index (χ1n) is 15.8. The van der Waals surface area contributed by atoms with Crippen LogP contribution in [0.15, 0.2) is 6.07 Å². The summed E-state index contributed by atoms with van der Waals surface area (Å²) in [4.78, 5) is 12.5. The van der Waals surface area contributed by atoms with Gasteiger partial charge in [-0.15, -0.1) is 0 Å². The molecule has 0 saturated carbocycles. The minimum atomic E-state index is -4.46. The average molecular weight is 582 g/mol. The molecule has 0 aromatic heterocycles. The Bertz CT molecular complexity index is 973. The number of phosphoric acid groups is 1. The maximum Gasteiger partial charge on any atom is 0.319 e. The second kappa shape index (κ2) is 15.4. The number of rotatable bonds is 18. The van der Waals surface area contributed by atoms with Crippen molar-refractivity contribution in [1.82, 2.24) is 0 Å². The Hall–Kier alpha value is -1.07. The molecule has 1 aromatic carbocycles. The van der Waals surface area contributed by atoms with Crippen molar-refractivity contribution < 1.29 is 27.7 Å². The highest BCUT2D eigenvalue weighted by molar-refractivity contribution is 7.46. The van der Waals surface area contributed by atoms with Crippen LogP contribution in [0.25, 0.3) is 0 Å². The second-order valence-corrected chi connectivity index (χ2v) is 15.8. The SMILES string of the molecule is Cc1cc(OP(=O)([O-])OCC[N+](C)(C)C)c(C)c2c1OC(C)(CCCC(C)CCCC(C)CCCC(C)C)CC2. The highest BCUT2D eigenvalue weighted by Gasteiger charge is 2.34. The van der Waals surface area contributed by atoms with E-state index in [0.29, 0.717) is 16.8 Å². The van der Waals surface area contributed by atoms with Crippen LogP contribution in [0.2, 0.25) is 0 Å². The maximum atomic E-state index is 12.5. The van der Waals surface area contributed by atoms with E-state index in [1.807, 2.05) is 35.0 Å². The number of nitrogens with zero attached hydrogens (tertiary/aromatic N) is 1. The van der Waals surface area contributed by atoms with Gasteiger partial charge in [0.1, 0.15) is 30.3 Å². The maximum absolute atomic E-state index is 12.5. The van der Waals surface area contributed by atoms with Gasteiger partial charge < -0.3 is 23.2 Å². The smallest absolute Gasteiger partial charge is 0.319 e. The van der Waals surface area contributed by atoms with Gasteiger partial charge in [0.2, 0.25) is 0 Å². The Balaban J connectivity index is 1.85. The van der Waals surface area contributed by atoms with Gasteiger partial charge in [0, 0.05) is 5.56 Å². The molecule has 6 nitrogen and oxygen atoms in total. The van der Waals surface area contributed by atoms with Crippen molar-refractivity contribution in [2.75, 3.05) is 34.3 Å². The molecule has 0 saturated heterocycles. The van der Waals surface area contributed by atoms with Crippen LogP contribution in [0.1, 0.15) is 116 Å². The number of phosphoric ester groups is 1. The van der Waals surface area contributed by atoms with E-state index in [-0.39, 0.29) is 12.2 Å². The molecular formula is C33H60NO5P. The topological polar surface area (TPSA) is 67.8 Å². The third-order valence-corrected chi connectivity index (χ3v) is 9.47. The summed E-state index contributed by atoms with van der Waals surface area (Å²) in [5, 5.41) is 0. The van der Waals surface area contributed by atoms with Gasteiger partial charge in [0.25, 0.3) is 0 Å². The first-order valence-corrected chi connectivity index (χ1v) is 17.2. The lowest BCUT2D eigenvalue weighted by molar-refractivity contribution is -0.870. The van der Waals surface area contributed by atoms with Crippen molar-refractivity contribution in [1.29, 1.82) is 0 Å². The van der Waals surface area contributed by atoms with Crippen molar-refractivity contribution >= 4 is 7.82 Å². The standard InChI is InChI=1S/C33H60NO5P/c1-25(2)14-11-15-26(3)16-12-17-27(4)18-13-20-33(7)21-19-30-29(6)31(24-28(5)32(30)38-33)39-40(35,36)37-23-22-34(8,9)10/h24-27H,11-23H2,1-10H3. The highest BCUT2D eigenvalue weighted by atomic mass is 31.2. The Labute approximate surface area is 246 Å². The van der Waals surface area contributed by atoms with Gasteiger partial charge in [-0.25, -0.2) is 0 Å². The fraction of sp³-hybridized carbons (Fsp3) is 0.818. The lowest BCUT2D eigenvalue weighted by Crippen LogP contribution is -2.37. The summed E-state index contributed by atoms with van der Waals surface area (Å²) in [6, 6.07) is 1.78. The molecule has 4 unspecified atom stereocenters. The fourth-order valence-electron chi connectivity index (χ4n) is 5.70. The van der Waals surface area contributed by atoms with Crippen molar-refractivity contribution in [2.24, 2.45) is 17.8 Å². The van der Waals surface area contributed by atoms with E-state index in [4.69, 9.17) is 13.8 Å². The van der Waals surface area contributed by atoms with E-state index in [2.05, 4.69) is 34.6 Å². The van der Waals surface area contributed by atoms with Gasteiger partial charge in [-0.2, -0.15) is 0 Å². The molecule has 1 aliphatic rings. The van der Waals surface area contributed by atoms with Gasteiger partial charge >= 0.3 is 7.82 Å². The molecule has 1 aliphatic heterocycles. The molecule has 40 heavy (non-hydrogen) atoms. The summed E-state index contributed by atoms with van der Waals surface area (Å²) in [7, 11) is 1.51. The number of aryl methyl sites for hydroxylation is 1. The summed E-state index contributed by atoms with van der Waals surface area (Å²) in [6.07, 6.45) is 13.3. The third kappa shape index (κ3) is 12.4. The average Bonchev–Trinajstić information content (AvgIpc) is 2.81. The largest absolute Gasteiger partial charge is 0.746 e. The van der Waals surface area contributed by atoms with E-state index in [0.717, 1.165) is 59.5 Å². The highest BCUT2D eigenvalue weighted by Crippen LogP contribution is 2.47. The van der Waals surface area contributed by atoms with E-state index >= 15 is 0 Å². The van der Waals surface area contributed by atoms with Crippen LogP contribution in [-0.4, -0.2) is 44.4 Å². The number of fused-ring (bicyclic) bond motifs is 1. The summed E-state index contributed by atoms with van der Waals surface area (Å²) in [5.41, 5.74) is 2.58. The van der Waals surface area contributed by atoms with E-state index in [9.17, 15) is 9.46 Å². The van der Waals surface area contributed by atoms with Crippen LogP contribution in [-0.2, 0) is 15.5 Å². The summed E-state index contributed by atoms with van der Waals surface area (Å²) >= 11 is 0. The zero-order valence-electron chi connectivity index (χ0n) is 27.4. The quantitative estimate of drug-likeness (QED) is 0.129. The third-order valence-electron chi connectivity index (χ3n) is 8.55. The zero-order valence-corrected chi connectivity index (χ0v) is 28.3. The van der Waals surface area contributed by atoms with Gasteiger partial charge in [-0.1, -0.05) is 72.6 Å². The molecular weight excluding hydrogens is 521 g/mol. The predicted molar refractivity (Wildman–Crippen MR) is 165 cm³/mol. The number of benzene rings is 1. The van der Waals surface area contributed by atoms with Crippen molar-refractivity contribution in [3.8, 4) is 11.5 Å². The van der Waals surface area contributed by atoms with Crippen LogP contribution in [0.5, 0.6) is 11.5 Å². The van der Waals surface area contributed by atoms with Gasteiger partial charge in [0.05, 0.1) is 21.1 Å². The Kier molecular flexibility index (Phi) is 13.5. The number of likely N-dealkylation sites (N-methyl/N-ethyl adjacent to an activating group) is 1. The Morgan fingerprint density at radius 1 is 1.00 bits per heavy atom. The molecule has 0 aliphatic carbocycles. The van der Waals surface area contributed by atoms with Gasteiger partial charge in [0.15, 0.2) is 0 Å². The molecule has 0 fully saturated rings. The van der Waals surface area contributed by atoms with Crippen LogP contribution >= 0.6 is 7.82 Å². The van der Waals surface area contributed by atoms with Gasteiger partial charge in [-0.05, 0) is 81.4 Å². The molecule has 2 rings (SSSR count). The molecule has 1 aromatic rings. The molecule has 0 N–H and O–H groups in total. The van der Waals surface area contributed by atoms with Crippen molar-refractivity contribution in [3.63, 3.8) is 0 Å². The first kappa shape index (κ1) is 35.1. The molecule has 7 heteroatoms. The van der Waals surface area contributed by atoms with Crippen molar-refractivity contribution in [2.45, 2.75) is 125 Å². The minimum Gasteiger partial charge on any atom is -0.746 e. The minimum absolute atomic E-state index is 0.0882. The van der Waals surface area contributed by atoms with Gasteiger partial charge in [-0.3, -0.25) is 4.57 Å². The Morgan fingerprint density at radius 3 is 2.15 bits per heavy atom. The Morgan fingerprint density at radius 2 is 1.57 bits per heavy atom. The second-order valence-electron chi connectivity index (χ2n) is 14.4. The van der Waals surface area contributed by atoms with Crippen LogP contribution in [0.3, 0.4) is 0 Å². The first-order chi connectivity index (χ1) is 18.5. The van der Waals surface area contributed by atoms with E-state index in [1.54, 1.807) is 6.07 Å². The van der Waals surface area contributed by atoms with Crippen LogP contribution in [0, 0.1) is 31.6 Å². The molecule has 0 amide bonds. The van der Waals surface area contributed by atoms with E-state index in [1.165, 1.54) is 51.4 Å². The summed E-state index contributed by atoms with van der Waals surface area (Å²) < 4.78 is 30.3.